The van der Waals surface area contributed by atoms with E-state index in [1.54, 1.807) is 25.4 Å². The molecule has 0 atom stereocenters. The number of hydrogen-bond acceptors (Lipinski definition) is 5. The van der Waals surface area contributed by atoms with Crippen LogP contribution in [0.25, 0.3) is 11.0 Å². The summed E-state index contributed by atoms with van der Waals surface area (Å²) in [6.45, 7) is 0. The molecule has 6 heteroatoms. The summed E-state index contributed by atoms with van der Waals surface area (Å²) >= 11 is 6.12. The van der Waals surface area contributed by atoms with Crippen molar-refractivity contribution < 1.29 is 9.84 Å². The lowest BCUT2D eigenvalue weighted by Gasteiger charge is -2.26. The van der Waals surface area contributed by atoms with Gasteiger partial charge in [-0.25, -0.2) is 4.98 Å². The van der Waals surface area contributed by atoms with Gasteiger partial charge in [-0.1, -0.05) is 11.6 Å². The van der Waals surface area contributed by atoms with Gasteiger partial charge in [0.15, 0.2) is 0 Å². The second-order valence-electron chi connectivity index (χ2n) is 5.38. The smallest absolute Gasteiger partial charge is 0.145 e. The Kier molecular flexibility index (Phi) is 4.12. The van der Waals surface area contributed by atoms with E-state index in [-0.39, 0.29) is 6.10 Å². The van der Waals surface area contributed by atoms with Crippen LogP contribution < -0.4 is 10.1 Å². The van der Waals surface area contributed by atoms with Crippen molar-refractivity contribution in [2.24, 2.45) is 0 Å². The molecule has 1 saturated carbocycles. The Hall–Kier alpha value is -1.59. The molecule has 112 valence electrons. The van der Waals surface area contributed by atoms with Crippen molar-refractivity contribution in [3.8, 4) is 5.75 Å². The number of aromatic nitrogens is 2. The van der Waals surface area contributed by atoms with Gasteiger partial charge in [0.25, 0.3) is 0 Å². The number of fused-ring (bicyclic) bond motifs is 1. The first-order valence-corrected chi connectivity index (χ1v) is 7.48. The minimum Gasteiger partial charge on any atom is -0.495 e. The third kappa shape index (κ3) is 3.19. The van der Waals surface area contributed by atoms with Crippen LogP contribution in [0, 0.1) is 0 Å². The van der Waals surface area contributed by atoms with E-state index in [1.807, 2.05) is 0 Å². The SMILES string of the molecule is COc1cc2ncc(N[C@H]3CC[C@H](O)CC3)nc2cc1Cl. The quantitative estimate of drug-likeness (QED) is 0.912. The molecule has 1 aliphatic carbocycles. The molecule has 0 saturated heterocycles. The molecule has 0 aliphatic heterocycles. The highest BCUT2D eigenvalue weighted by Gasteiger charge is 2.19. The van der Waals surface area contributed by atoms with Crippen LogP contribution in [0.4, 0.5) is 5.82 Å². The number of hydrogen-bond donors (Lipinski definition) is 2. The van der Waals surface area contributed by atoms with Crippen molar-refractivity contribution in [1.82, 2.24) is 9.97 Å². The minimum atomic E-state index is -0.156. The Morgan fingerprint density at radius 2 is 2.00 bits per heavy atom. The van der Waals surface area contributed by atoms with E-state index in [4.69, 9.17) is 16.3 Å². The number of anilines is 1. The summed E-state index contributed by atoms with van der Waals surface area (Å²) in [5, 5.41) is 13.4. The maximum Gasteiger partial charge on any atom is 0.145 e. The Morgan fingerprint density at radius 1 is 1.24 bits per heavy atom. The molecule has 1 aromatic carbocycles. The van der Waals surface area contributed by atoms with Gasteiger partial charge in [0.2, 0.25) is 0 Å². The molecule has 0 unspecified atom stereocenters. The molecule has 2 aromatic rings. The first kappa shape index (κ1) is 14.4. The summed E-state index contributed by atoms with van der Waals surface area (Å²) < 4.78 is 5.18. The number of halogens is 1. The summed E-state index contributed by atoms with van der Waals surface area (Å²) in [5.41, 5.74) is 1.49. The van der Waals surface area contributed by atoms with Crippen LogP contribution in [0.1, 0.15) is 25.7 Å². The van der Waals surface area contributed by atoms with Crippen LogP contribution in [0.2, 0.25) is 5.02 Å². The number of methoxy groups -OCH3 is 1. The van der Waals surface area contributed by atoms with Gasteiger partial charge >= 0.3 is 0 Å². The highest BCUT2D eigenvalue weighted by Crippen LogP contribution is 2.29. The standard InChI is InChI=1S/C15H18ClN3O2/c1-21-14-7-12-13(6-11(14)16)19-15(8-17-12)18-9-2-4-10(20)5-3-9/h6-10,20H,2-5H2,1H3,(H,18,19)/t9-,10-. The van der Waals surface area contributed by atoms with Crippen LogP contribution in [0.5, 0.6) is 5.75 Å². The van der Waals surface area contributed by atoms with Gasteiger partial charge in [0, 0.05) is 12.1 Å². The van der Waals surface area contributed by atoms with E-state index in [1.165, 1.54) is 0 Å². The van der Waals surface area contributed by atoms with Crippen molar-refractivity contribution in [1.29, 1.82) is 0 Å². The lowest BCUT2D eigenvalue weighted by Crippen LogP contribution is -2.28. The monoisotopic (exact) mass is 307 g/mol. The molecule has 5 nitrogen and oxygen atoms in total. The maximum atomic E-state index is 9.53. The van der Waals surface area contributed by atoms with E-state index in [0.29, 0.717) is 16.8 Å². The molecule has 0 amide bonds. The summed E-state index contributed by atoms with van der Waals surface area (Å²) in [6, 6.07) is 3.89. The summed E-state index contributed by atoms with van der Waals surface area (Å²) in [5.74, 6) is 1.34. The Balaban J connectivity index is 1.80. The molecule has 1 heterocycles. The van der Waals surface area contributed by atoms with Gasteiger partial charge in [-0.05, 0) is 31.7 Å². The molecule has 2 N–H and O–H groups in total. The molecular formula is C15H18ClN3O2. The predicted octanol–water partition coefficient (Wildman–Crippen LogP) is 3.01. The number of nitrogens with one attached hydrogen (secondary N) is 1. The molecule has 1 fully saturated rings. The van der Waals surface area contributed by atoms with Crippen LogP contribution in [-0.2, 0) is 0 Å². The highest BCUT2D eigenvalue weighted by atomic mass is 35.5. The average molecular weight is 308 g/mol. The van der Waals surface area contributed by atoms with Crippen molar-refractivity contribution >= 4 is 28.5 Å². The fourth-order valence-corrected chi connectivity index (χ4v) is 2.90. The molecule has 0 spiro atoms. The summed E-state index contributed by atoms with van der Waals surface area (Å²) in [4.78, 5) is 8.95. The van der Waals surface area contributed by atoms with E-state index >= 15 is 0 Å². The molecule has 0 radical (unpaired) electrons. The zero-order valence-corrected chi connectivity index (χ0v) is 12.6. The predicted molar refractivity (Wildman–Crippen MR) is 83.0 cm³/mol. The van der Waals surface area contributed by atoms with Crippen molar-refractivity contribution in [2.45, 2.75) is 37.8 Å². The second-order valence-corrected chi connectivity index (χ2v) is 5.79. The first-order valence-electron chi connectivity index (χ1n) is 7.10. The first-order chi connectivity index (χ1) is 10.2. The normalized spacial score (nSPS) is 22.2. The second kappa shape index (κ2) is 6.03. The van der Waals surface area contributed by atoms with Crippen LogP contribution in [0.15, 0.2) is 18.3 Å². The van der Waals surface area contributed by atoms with Gasteiger partial charge < -0.3 is 15.2 Å². The molecule has 1 aromatic heterocycles. The number of rotatable bonds is 3. The van der Waals surface area contributed by atoms with Gasteiger partial charge in [-0.2, -0.15) is 0 Å². The fraction of sp³-hybridized carbons (Fsp3) is 0.467. The zero-order valence-electron chi connectivity index (χ0n) is 11.8. The Labute approximate surface area is 128 Å². The number of aliphatic hydroxyl groups is 1. The van der Waals surface area contributed by atoms with Gasteiger partial charge in [-0.15, -0.1) is 0 Å². The number of nitrogens with zero attached hydrogens (tertiary/aromatic N) is 2. The molecule has 3 rings (SSSR count). The topological polar surface area (TPSA) is 67.3 Å². The largest absolute Gasteiger partial charge is 0.495 e. The third-order valence-corrected chi connectivity index (χ3v) is 4.16. The zero-order chi connectivity index (χ0) is 14.8. The van der Waals surface area contributed by atoms with Crippen LogP contribution in [0.3, 0.4) is 0 Å². The van der Waals surface area contributed by atoms with Gasteiger partial charge in [0.1, 0.15) is 11.6 Å². The van der Waals surface area contributed by atoms with Crippen LogP contribution >= 0.6 is 11.6 Å². The van der Waals surface area contributed by atoms with E-state index < -0.39 is 0 Å². The Bertz CT molecular complexity index is 642. The third-order valence-electron chi connectivity index (χ3n) is 3.86. The molecule has 1 aliphatic rings. The fourth-order valence-electron chi connectivity index (χ4n) is 2.67. The van der Waals surface area contributed by atoms with Gasteiger partial charge in [0.05, 0.1) is 35.5 Å². The molecule has 0 bridgehead atoms. The lowest BCUT2D eigenvalue weighted by atomic mass is 9.93. The number of aliphatic hydroxyl groups excluding tert-OH is 1. The van der Waals surface area contributed by atoms with Crippen molar-refractivity contribution in [2.75, 3.05) is 12.4 Å². The number of ether oxygens (including phenoxy) is 1. The molecule has 21 heavy (non-hydrogen) atoms. The van der Waals surface area contributed by atoms with Crippen LogP contribution in [-0.4, -0.2) is 34.3 Å². The van der Waals surface area contributed by atoms with Crippen molar-refractivity contribution in [3.63, 3.8) is 0 Å². The number of benzene rings is 1. The lowest BCUT2D eigenvalue weighted by molar-refractivity contribution is 0.126. The average Bonchev–Trinajstić information content (AvgIpc) is 2.49. The van der Waals surface area contributed by atoms with E-state index in [9.17, 15) is 5.11 Å². The minimum absolute atomic E-state index is 0.156. The van der Waals surface area contributed by atoms with Gasteiger partial charge in [-0.3, -0.25) is 4.98 Å². The molecular weight excluding hydrogens is 290 g/mol. The van der Waals surface area contributed by atoms with Crippen molar-refractivity contribution in [3.05, 3.63) is 23.4 Å². The Morgan fingerprint density at radius 3 is 2.71 bits per heavy atom. The van der Waals surface area contributed by atoms with E-state index in [0.717, 1.165) is 42.5 Å². The summed E-state index contributed by atoms with van der Waals surface area (Å²) in [6.07, 6.45) is 5.13. The maximum absolute atomic E-state index is 9.53. The highest BCUT2D eigenvalue weighted by molar-refractivity contribution is 6.32. The van der Waals surface area contributed by atoms with E-state index in [2.05, 4.69) is 15.3 Å². The summed E-state index contributed by atoms with van der Waals surface area (Å²) in [7, 11) is 1.58.